The molecule has 2 saturated heterocycles. The van der Waals surface area contributed by atoms with Crippen LogP contribution in [0.3, 0.4) is 0 Å². The van der Waals surface area contributed by atoms with Crippen molar-refractivity contribution in [1.29, 1.82) is 0 Å². The molecule has 1 aromatic heterocycles. The van der Waals surface area contributed by atoms with E-state index in [0.29, 0.717) is 37.4 Å². The quantitative estimate of drug-likeness (QED) is 0.672. The van der Waals surface area contributed by atoms with Crippen molar-refractivity contribution in [2.75, 3.05) is 26.2 Å². The van der Waals surface area contributed by atoms with Gasteiger partial charge in [0, 0.05) is 56.8 Å². The fourth-order valence-corrected chi connectivity index (χ4v) is 5.90. The number of aromatic nitrogens is 2. The van der Waals surface area contributed by atoms with Crippen LogP contribution in [0.2, 0.25) is 0 Å². The molecule has 1 saturated carbocycles. The van der Waals surface area contributed by atoms with Gasteiger partial charge in [-0.1, -0.05) is 6.07 Å². The first-order chi connectivity index (χ1) is 15.2. The van der Waals surface area contributed by atoms with E-state index in [-0.39, 0.29) is 30.1 Å². The van der Waals surface area contributed by atoms with Gasteiger partial charge in [0.05, 0.1) is 10.5 Å². The molecule has 0 amide bonds. The number of piperazine rings is 1. The highest BCUT2D eigenvalue weighted by Gasteiger charge is 2.41. The van der Waals surface area contributed by atoms with Crippen LogP contribution in [-0.2, 0) is 16.2 Å². The van der Waals surface area contributed by atoms with Gasteiger partial charge in [-0.2, -0.15) is 22.5 Å². The Kier molecular flexibility index (Phi) is 5.37. The van der Waals surface area contributed by atoms with Crippen LogP contribution in [0.1, 0.15) is 36.6 Å². The van der Waals surface area contributed by atoms with Crippen molar-refractivity contribution in [3.63, 3.8) is 0 Å². The second-order valence-electron chi connectivity index (χ2n) is 8.54. The highest BCUT2D eigenvalue weighted by molar-refractivity contribution is 7.89. The minimum atomic E-state index is -4.60. The molecule has 0 radical (unpaired) electrons. The van der Waals surface area contributed by atoms with E-state index in [1.54, 1.807) is 12.3 Å². The molecule has 3 aliphatic rings. The van der Waals surface area contributed by atoms with Gasteiger partial charge >= 0.3 is 6.18 Å². The third-order valence-corrected chi connectivity index (χ3v) is 8.08. The number of fused-ring (bicyclic) bond motifs is 1. The summed E-state index contributed by atoms with van der Waals surface area (Å²) in [5.41, 5.74) is -0.970. The van der Waals surface area contributed by atoms with Crippen molar-refractivity contribution in [3.05, 3.63) is 47.9 Å². The van der Waals surface area contributed by atoms with Gasteiger partial charge in [0.2, 0.25) is 15.9 Å². The van der Waals surface area contributed by atoms with Crippen LogP contribution in [0.5, 0.6) is 5.88 Å². The van der Waals surface area contributed by atoms with Crippen molar-refractivity contribution in [2.24, 2.45) is 0 Å². The molecule has 7 nitrogen and oxygen atoms in total. The number of hydrogen-bond acceptors (Lipinski definition) is 6. The van der Waals surface area contributed by atoms with Crippen molar-refractivity contribution < 1.29 is 26.3 Å². The van der Waals surface area contributed by atoms with E-state index in [4.69, 9.17) is 4.74 Å². The Labute approximate surface area is 184 Å². The lowest BCUT2D eigenvalue weighted by Gasteiger charge is -2.36. The normalized spacial score (nSPS) is 25.0. The van der Waals surface area contributed by atoms with Crippen molar-refractivity contribution in [3.8, 4) is 5.88 Å². The zero-order chi connectivity index (χ0) is 22.5. The maximum absolute atomic E-state index is 13.0. The minimum Gasteiger partial charge on any atom is -0.473 e. The highest BCUT2D eigenvalue weighted by atomic mass is 32.2. The molecule has 3 fully saturated rings. The Balaban J connectivity index is 1.26. The predicted octanol–water partition coefficient (Wildman–Crippen LogP) is 2.90. The number of alkyl halides is 3. The van der Waals surface area contributed by atoms with Gasteiger partial charge in [-0.05, 0) is 31.0 Å². The molecule has 172 valence electrons. The molecule has 2 atom stereocenters. The number of benzene rings is 1. The molecular formula is C21H23F3N4O3S. The van der Waals surface area contributed by atoms with Crippen LogP contribution in [0.25, 0.3) is 0 Å². The van der Waals surface area contributed by atoms with Crippen molar-refractivity contribution >= 4 is 10.0 Å². The summed E-state index contributed by atoms with van der Waals surface area (Å²) in [6, 6.07) is 5.59. The first-order valence-corrected chi connectivity index (χ1v) is 12.1. The van der Waals surface area contributed by atoms with Gasteiger partial charge in [0.15, 0.2) is 0 Å². The zero-order valence-corrected chi connectivity index (χ0v) is 18.0. The van der Waals surface area contributed by atoms with Crippen LogP contribution < -0.4 is 4.74 Å². The van der Waals surface area contributed by atoms with E-state index in [0.717, 1.165) is 30.8 Å². The fourth-order valence-electron chi connectivity index (χ4n) is 4.38. The highest BCUT2D eigenvalue weighted by Crippen LogP contribution is 2.38. The van der Waals surface area contributed by atoms with E-state index in [9.17, 15) is 21.6 Å². The van der Waals surface area contributed by atoms with E-state index in [1.165, 1.54) is 10.4 Å². The monoisotopic (exact) mass is 468 g/mol. The lowest BCUT2D eigenvalue weighted by Crippen LogP contribution is -2.51. The number of halogens is 3. The second-order valence-corrected chi connectivity index (χ2v) is 10.5. The molecule has 2 aliphatic heterocycles. The number of rotatable bonds is 5. The molecule has 11 heteroatoms. The molecule has 3 heterocycles. The third-order valence-electron chi connectivity index (χ3n) is 6.22. The summed E-state index contributed by atoms with van der Waals surface area (Å²) >= 11 is 0. The smallest absolute Gasteiger partial charge is 0.416 e. The Morgan fingerprint density at radius 2 is 1.91 bits per heavy atom. The number of ether oxygens (including phenoxy) is 1. The molecular weight excluding hydrogens is 445 g/mol. The Hall–Kier alpha value is -2.24. The minimum absolute atomic E-state index is 0.0564. The molecule has 1 aromatic carbocycles. The summed E-state index contributed by atoms with van der Waals surface area (Å²) in [6.07, 6.45) is -0.213. The zero-order valence-electron chi connectivity index (χ0n) is 17.2. The summed E-state index contributed by atoms with van der Waals surface area (Å²) in [4.78, 5) is 10.6. The Bertz CT molecular complexity index is 1110. The van der Waals surface area contributed by atoms with Crippen LogP contribution in [-0.4, -0.2) is 65.9 Å². The Morgan fingerprint density at radius 3 is 2.66 bits per heavy atom. The largest absolute Gasteiger partial charge is 0.473 e. The van der Waals surface area contributed by atoms with Gasteiger partial charge in [0.25, 0.3) is 0 Å². The van der Waals surface area contributed by atoms with Crippen LogP contribution in [0.4, 0.5) is 13.2 Å². The van der Waals surface area contributed by atoms with Crippen LogP contribution in [0.15, 0.2) is 41.4 Å². The molecule has 0 unspecified atom stereocenters. The lowest BCUT2D eigenvalue weighted by molar-refractivity contribution is -0.137. The average molecular weight is 469 g/mol. The third kappa shape index (κ3) is 4.33. The summed E-state index contributed by atoms with van der Waals surface area (Å²) in [7, 11) is -4.02. The average Bonchev–Trinajstić information content (AvgIpc) is 3.53. The van der Waals surface area contributed by atoms with E-state index < -0.39 is 21.8 Å². The van der Waals surface area contributed by atoms with Gasteiger partial charge in [-0.25, -0.2) is 13.4 Å². The van der Waals surface area contributed by atoms with Crippen LogP contribution >= 0.6 is 0 Å². The summed E-state index contributed by atoms with van der Waals surface area (Å²) in [5, 5.41) is 0. The van der Waals surface area contributed by atoms with E-state index >= 15 is 0 Å². The van der Waals surface area contributed by atoms with Gasteiger partial charge in [0.1, 0.15) is 11.9 Å². The summed E-state index contributed by atoms with van der Waals surface area (Å²) in [5.74, 6) is 1.75. The maximum Gasteiger partial charge on any atom is 0.416 e. The van der Waals surface area contributed by atoms with Gasteiger partial charge in [-0.15, -0.1) is 0 Å². The molecule has 5 rings (SSSR count). The maximum atomic E-state index is 13.0. The van der Waals surface area contributed by atoms with Crippen molar-refractivity contribution in [2.45, 2.75) is 48.4 Å². The molecule has 32 heavy (non-hydrogen) atoms. The number of hydrogen-bond donors (Lipinski definition) is 0. The summed E-state index contributed by atoms with van der Waals surface area (Å²) < 4.78 is 72.5. The number of sulfonamides is 1. The molecule has 2 aromatic rings. The predicted molar refractivity (Wildman–Crippen MR) is 109 cm³/mol. The van der Waals surface area contributed by atoms with Crippen molar-refractivity contribution in [1.82, 2.24) is 19.2 Å². The molecule has 0 N–H and O–H groups in total. The van der Waals surface area contributed by atoms with Gasteiger partial charge in [-0.3, -0.25) is 4.90 Å². The van der Waals surface area contributed by atoms with E-state index in [2.05, 4.69) is 14.9 Å². The van der Waals surface area contributed by atoms with E-state index in [1.807, 2.05) is 0 Å². The van der Waals surface area contributed by atoms with Gasteiger partial charge < -0.3 is 4.74 Å². The summed E-state index contributed by atoms with van der Waals surface area (Å²) in [6.45, 7) is 1.60. The Morgan fingerprint density at radius 1 is 1.09 bits per heavy atom. The van der Waals surface area contributed by atoms with Crippen LogP contribution in [0, 0.1) is 0 Å². The topological polar surface area (TPSA) is 75.6 Å². The first-order valence-electron chi connectivity index (χ1n) is 10.6. The number of nitrogens with zero attached hydrogens (tertiary/aromatic N) is 4. The standard InChI is InChI=1S/C21H23F3N4O3S/c22-21(23,24)15-2-1-3-18(10-15)32(29,30)28-9-8-27-13-17(11-16(27)12-28)31-19-6-7-25-20(26-19)14-4-5-14/h1-3,6-7,10,14,16-17H,4-5,8-9,11-13H2/t16-,17+/m0/s1. The molecule has 0 spiro atoms. The lowest BCUT2D eigenvalue weighted by atomic mass is 10.2. The second kappa shape index (κ2) is 7.96. The first kappa shape index (κ1) is 21.6. The fraction of sp³-hybridized carbons (Fsp3) is 0.524. The molecule has 1 aliphatic carbocycles. The SMILES string of the molecule is O=S(=O)(c1cccc(C(F)(F)F)c1)N1CCN2C[C@H](Oc3ccnc(C4CC4)n3)C[C@H]2C1. The molecule has 0 bridgehead atoms.